The molecule has 0 aliphatic carbocycles. The number of hydrogen-bond donors (Lipinski definition) is 1. The maximum atomic E-state index is 12.9. The van der Waals surface area contributed by atoms with E-state index in [9.17, 15) is 4.79 Å². The zero-order chi connectivity index (χ0) is 18.5. The van der Waals surface area contributed by atoms with Crippen molar-refractivity contribution in [2.45, 2.75) is 6.54 Å². The number of pyridine rings is 1. The molecule has 0 aliphatic heterocycles. The number of amides is 1. The smallest absolute Gasteiger partial charge is 0.255 e. The lowest BCUT2D eigenvalue weighted by Crippen LogP contribution is -2.23. The van der Waals surface area contributed by atoms with E-state index >= 15 is 0 Å². The minimum Gasteiger partial charge on any atom is -0.348 e. The van der Waals surface area contributed by atoms with Crippen molar-refractivity contribution in [3.63, 3.8) is 0 Å². The van der Waals surface area contributed by atoms with Crippen molar-refractivity contribution in [3.05, 3.63) is 103 Å². The zero-order valence-electron chi connectivity index (χ0n) is 14.6. The summed E-state index contributed by atoms with van der Waals surface area (Å²) in [7, 11) is 0. The summed E-state index contributed by atoms with van der Waals surface area (Å²) < 4.78 is 1.74. The van der Waals surface area contributed by atoms with Crippen molar-refractivity contribution < 1.29 is 4.79 Å². The molecule has 0 unspecified atom stereocenters. The van der Waals surface area contributed by atoms with E-state index in [1.54, 1.807) is 23.3 Å². The second kappa shape index (κ2) is 7.66. The van der Waals surface area contributed by atoms with Crippen LogP contribution in [-0.4, -0.2) is 20.7 Å². The summed E-state index contributed by atoms with van der Waals surface area (Å²) in [6.45, 7) is 0.437. The predicted molar refractivity (Wildman–Crippen MR) is 104 cm³/mol. The molecule has 0 atom stereocenters. The number of hydrogen-bond acceptors (Lipinski definition) is 3. The number of nitrogens with zero attached hydrogens (tertiary/aromatic N) is 3. The summed E-state index contributed by atoms with van der Waals surface area (Å²) in [6, 6.07) is 23.3. The average Bonchev–Trinajstić information content (AvgIpc) is 3.20. The van der Waals surface area contributed by atoms with Gasteiger partial charge in [0.05, 0.1) is 11.3 Å². The molecule has 4 rings (SSSR count). The molecule has 0 fully saturated rings. The van der Waals surface area contributed by atoms with E-state index in [1.807, 2.05) is 72.8 Å². The fraction of sp³-hybridized carbons (Fsp3) is 0.0455. The van der Waals surface area contributed by atoms with Gasteiger partial charge in [-0.3, -0.25) is 9.78 Å². The normalized spacial score (nSPS) is 10.5. The van der Waals surface area contributed by atoms with E-state index in [0.29, 0.717) is 17.8 Å². The van der Waals surface area contributed by atoms with Crippen LogP contribution in [0.4, 0.5) is 0 Å². The van der Waals surface area contributed by atoms with Crippen LogP contribution in [0.1, 0.15) is 15.9 Å². The monoisotopic (exact) mass is 354 g/mol. The number of nitrogens with one attached hydrogen (secondary N) is 1. The van der Waals surface area contributed by atoms with Crippen LogP contribution in [0.25, 0.3) is 16.9 Å². The van der Waals surface area contributed by atoms with Gasteiger partial charge in [0.2, 0.25) is 0 Å². The minimum absolute atomic E-state index is 0.159. The molecule has 27 heavy (non-hydrogen) atoms. The molecule has 0 bridgehead atoms. The third-order valence-electron chi connectivity index (χ3n) is 4.23. The maximum absolute atomic E-state index is 12.9. The van der Waals surface area contributed by atoms with Crippen molar-refractivity contribution in [1.29, 1.82) is 0 Å². The molecular weight excluding hydrogens is 336 g/mol. The summed E-state index contributed by atoms with van der Waals surface area (Å²) >= 11 is 0. The molecule has 1 N–H and O–H groups in total. The fourth-order valence-electron chi connectivity index (χ4n) is 2.84. The molecule has 132 valence electrons. The molecule has 1 amide bonds. The van der Waals surface area contributed by atoms with Gasteiger partial charge in [0.15, 0.2) is 0 Å². The first-order chi connectivity index (χ1) is 13.3. The first kappa shape index (κ1) is 16.7. The SMILES string of the molecule is O=C(NCc1ccncc1)c1cn(-c2ccccc2)nc1-c1ccccc1. The number of carbonyl (C=O) groups is 1. The van der Waals surface area contributed by atoms with Crippen LogP contribution < -0.4 is 5.32 Å². The third-order valence-corrected chi connectivity index (χ3v) is 4.23. The topological polar surface area (TPSA) is 59.8 Å². The Hall–Kier alpha value is -3.73. The van der Waals surface area contributed by atoms with Gasteiger partial charge in [-0.1, -0.05) is 48.5 Å². The number of rotatable bonds is 5. The number of carbonyl (C=O) groups excluding carboxylic acids is 1. The summed E-state index contributed by atoms with van der Waals surface area (Å²) in [5.41, 5.74) is 4.00. The lowest BCUT2D eigenvalue weighted by atomic mass is 10.1. The van der Waals surface area contributed by atoms with E-state index in [-0.39, 0.29) is 5.91 Å². The highest BCUT2D eigenvalue weighted by Gasteiger charge is 2.18. The second-order valence-corrected chi connectivity index (χ2v) is 6.08. The van der Waals surface area contributed by atoms with Crippen LogP contribution in [0.2, 0.25) is 0 Å². The number of aromatic nitrogens is 3. The van der Waals surface area contributed by atoms with Crippen LogP contribution in [0.5, 0.6) is 0 Å². The van der Waals surface area contributed by atoms with Crippen LogP contribution in [0.15, 0.2) is 91.4 Å². The molecule has 2 aromatic carbocycles. The molecule has 4 aromatic rings. The third kappa shape index (κ3) is 3.77. The molecule has 0 spiro atoms. The van der Waals surface area contributed by atoms with E-state index in [4.69, 9.17) is 0 Å². The standard InChI is InChI=1S/C22H18N4O/c27-22(24-15-17-11-13-23-14-12-17)20-16-26(19-9-5-2-6-10-19)25-21(20)18-7-3-1-4-8-18/h1-14,16H,15H2,(H,24,27). The maximum Gasteiger partial charge on any atom is 0.255 e. The van der Waals surface area contributed by atoms with Gasteiger partial charge in [-0.2, -0.15) is 5.10 Å². The molecule has 2 heterocycles. The van der Waals surface area contributed by atoms with Gasteiger partial charge in [-0.05, 0) is 29.8 Å². The van der Waals surface area contributed by atoms with Crippen molar-refractivity contribution in [1.82, 2.24) is 20.1 Å². The van der Waals surface area contributed by atoms with Crippen LogP contribution >= 0.6 is 0 Å². The summed E-state index contributed by atoms with van der Waals surface area (Å²) in [4.78, 5) is 16.9. The molecule has 0 saturated heterocycles. The largest absolute Gasteiger partial charge is 0.348 e. The Kier molecular flexibility index (Phi) is 4.74. The average molecular weight is 354 g/mol. The molecule has 5 heteroatoms. The minimum atomic E-state index is -0.159. The van der Waals surface area contributed by atoms with Crippen molar-refractivity contribution >= 4 is 5.91 Å². The van der Waals surface area contributed by atoms with E-state index in [0.717, 1.165) is 16.8 Å². The second-order valence-electron chi connectivity index (χ2n) is 6.08. The highest BCUT2D eigenvalue weighted by atomic mass is 16.1. The van der Waals surface area contributed by atoms with Gasteiger partial charge in [-0.25, -0.2) is 4.68 Å². The molecular formula is C22H18N4O. The Morgan fingerprint density at radius 3 is 2.26 bits per heavy atom. The number of benzene rings is 2. The Morgan fingerprint density at radius 2 is 1.56 bits per heavy atom. The summed E-state index contributed by atoms with van der Waals surface area (Å²) in [5, 5.41) is 7.64. The number of para-hydroxylation sites is 1. The Balaban J connectivity index is 1.67. The van der Waals surface area contributed by atoms with Gasteiger partial charge in [0.25, 0.3) is 5.91 Å². The quantitative estimate of drug-likeness (QED) is 0.592. The van der Waals surface area contributed by atoms with E-state index in [2.05, 4.69) is 15.4 Å². The van der Waals surface area contributed by atoms with Crippen molar-refractivity contribution in [2.75, 3.05) is 0 Å². The molecule has 2 aromatic heterocycles. The summed E-state index contributed by atoms with van der Waals surface area (Å²) in [5.74, 6) is -0.159. The molecule has 0 radical (unpaired) electrons. The van der Waals surface area contributed by atoms with Gasteiger partial charge < -0.3 is 5.32 Å². The van der Waals surface area contributed by atoms with Crippen LogP contribution in [-0.2, 0) is 6.54 Å². The van der Waals surface area contributed by atoms with E-state index in [1.165, 1.54) is 0 Å². The van der Waals surface area contributed by atoms with Gasteiger partial charge in [-0.15, -0.1) is 0 Å². The van der Waals surface area contributed by atoms with Gasteiger partial charge >= 0.3 is 0 Å². The molecule has 0 aliphatic rings. The molecule has 0 saturated carbocycles. The lowest BCUT2D eigenvalue weighted by molar-refractivity contribution is 0.0951. The fourth-order valence-corrected chi connectivity index (χ4v) is 2.84. The van der Waals surface area contributed by atoms with Crippen molar-refractivity contribution in [2.24, 2.45) is 0 Å². The first-order valence-corrected chi connectivity index (χ1v) is 8.69. The van der Waals surface area contributed by atoms with Crippen LogP contribution in [0.3, 0.4) is 0 Å². The van der Waals surface area contributed by atoms with Crippen molar-refractivity contribution in [3.8, 4) is 16.9 Å². The zero-order valence-corrected chi connectivity index (χ0v) is 14.6. The first-order valence-electron chi connectivity index (χ1n) is 8.69. The highest BCUT2D eigenvalue weighted by molar-refractivity contribution is 5.99. The van der Waals surface area contributed by atoms with Gasteiger partial charge in [0, 0.05) is 30.7 Å². The van der Waals surface area contributed by atoms with Gasteiger partial charge in [0.1, 0.15) is 5.69 Å². The Bertz CT molecular complexity index is 1030. The predicted octanol–water partition coefficient (Wildman–Crippen LogP) is 3.86. The van der Waals surface area contributed by atoms with Crippen LogP contribution in [0, 0.1) is 0 Å². The molecule has 5 nitrogen and oxygen atoms in total. The highest BCUT2D eigenvalue weighted by Crippen LogP contribution is 2.23. The lowest BCUT2D eigenvalue weighted by Gasteiger charge is -2.05. The Morgan fingerprint density at radius 1 is 0.889 bits per heavy atom. The van der Waals surface area contributed by atoms with E-state index < -0.39 is 0 Å². The summed E-state index contributed by atoms with van der Waals surface area (Å²) in [6.07, 6.45) is 5.20. The Labute approximate surface area is 157 Å².